The summed E-state index contributed by atoms with van der Waals surface area (Å²) in [5.74, 6) is 0.995. The molecule has 1 fully saturated rings. The summed E-state index contributed by atoms with van der Waals surface area (Å²) in [7, 11) is 2.01. The molecular formula is C15H21BrFNS2. The Hall–Kier alpha value is 0.290. The number of rotatable bonds is 4. The molecule has 1 aromatic rings. The molecule has 1 nitrogen and oxygen atoms in total. The van der Waals surface area contributed by atoms with Crippen LogP contribution in [-0.4, -0.2) is 34.6 Å². The molecule has 112 valence electrons. The summed E-state index contributed by atoms with van der Waals surface area (Å²) in [4.78, 5) is 0. The molecule has 5 heteroatoms. The van der Waals surface area contributed by atoms with Gasteiger partial charge in [0.1, 0.15) is 5.82 Å². The third-order valence-corrected chi connectivity index (χ3v) is 7.78. The number of halogens is 2. The maximum Gasteiger partial charge on any atom is 0.124 e. The van der Waals surface area contributed by atoms with Gasteiger partial charge in [-0.15, -0.1) is 0 Å². The Bertz CT molecular complexity index is 437. The lowest BCUT2D eigenvalue weighted by Gasteiger charge is -2.36. The highest BCUT2D eigenvalue weighted by Crippen LogP contribution is 2.37. The Labute approximate surface area is 138 Å². The second kappa shape index (κ2) is 7.52. The molecule has 1 aliphatic rings. The van der Waals surface area contributed by atoms with Gasteiger partial charge in [0, 0.05) is 32.0 Å². The zero-order chi connectivity index (χ0) is 14.7. The van der Waals surface area contributed by atoms with Crippen LogP contribution >= 0.6 is 39.5 Å². The third-order valence-electron chi connectivity index (χ3n) is 3.77. The van der Waals surface area contributed by atoms with E-state index >= 15 is 0 Å². The van der Waals surface area contributed by atoms with Crippen LogP contribution in [0.4, 0.5) is 4.39 Å². The highest BCUT2D eigenvalue weighted by molar-refractivity contribution is 9.10. The molecule has 0 radical (unpaired) electrons. The Morgan fingerprint density at radius 1 is 1.35 bits per heavy atom. The minimum Gasteiger partial charge on any atom is -0.316 e. The first kappa shape index (κ1) is 16.7. The highest BCUT2D eigenvalue weighted by atomic mass is 79.9. The number of thioether (sulfide) groups is 2. The summed E-state index contributed by atoms with van der Waals surface area (Å²) in [5.41, 5.74) is 1.05. The highest BCUT2D eigenvalue weighted by Gasteiger charge is 2.30. The summed E-state index contributed by atoms with van der Waals surface area (Å²) < 4.78 is 14.3. The SMILES string of the molecule is CNC(Cc1cc(F)cc(Br)c1)C1CSC(C)C(C)S1. The first-order valence-electron chi connectivity index (χ1n) is 6.89. The maximum absolute atomic E-state index is 13.5. The van der Waals surface area contributed by atoms with Gasteiger partial charge >= 0.3 is 0 Å². The lowest BCUT2D eigenvalue weighted by atomic mass is 10.0. The van der Waals surface area contributed by atoms with Crippen molar-refractivity contribution in [1.29, 1.82) is 0 Å². The number of hydrogen-bond acceptors (Lipinski definition) is 3. The lowest BCUT2D eigenvalue weighted by Crippen LogP contribution is -2.43. The molecule has 1 aliphatic heterocycles. The minimum atomic E-state index is -0.170. The fraction of sp³-hybridized carbons (Fsp3) is 0.600. The molecule has 4 unspecified atom stereocenters. The topological polar surface area (TPSA) is 12.0 Å². The number of benzene rings is 1. The normalized spacial score (nSPS) is 28.4. The number of hydrogen-bond donors (Lipinski definition) is 1. The molecule has 0 bridgehead atoms. The summed E-state index contributed by atoms with van der Waals surface area (Å²) in [6.45, 7) is 4.61. The van der Waals surface area contributed by atoms with Crippen LogP contribution in [0, 0.1) is 5.82 Å². The zero-order valence-electron chi connectivity index (χ0n) is 12.0. The van der Waals surface area contributed by atoms with Crippen LogP contribution in [-0.2, 0) is 6.42 Å². The van der Waals surface area contributed by atoms with E-state index in [9.17, 15) is 4.39 Å². The fourth-order valence-corrected chi connectivity index (χ4v) is 6.10. The van der Waals surface area contributed by atoms with Crippen LogP contribution in [0.1, 0.15) is 19.4 Å². The van der Waals surface area contributed by atoms with Crippen molar-refractivity contribution in [2.75, 3.05) is 12.8 Å². The van der Waals surface area contributed by atoms with Gasteiger partial charge in [0.05, 0.1) is 0 Å². The monoisotopic (exact) mass is 377 g/mol. The van der Waals surface area contributed by atoms with Crippen molar-refractivity contribution in [3.05, 3.63) is 34.1 Å². The van der Waals surface area contributed by atoms with Crippen molar-refractivity contribution in [2.45, 2.75) is 42.1 Å². The van der Waals surface area contributed by atoms with Crippen molar-refractivity contribution >= 4 is 39.5 Å². The molecule has 0 aromatic heterocycles. The predicted molar refractivity (Wildman–Crippen MR) is 93.4 cm³/mol. The van der Waals surface area contributed by atoms with Crippen LogP contribution in [0.2, 0.25) is 0 Å². The first-order chi connectivity index (χ1) is 9.49. The minimum absolute atomic E-state index is 0.170. The van der Waals surface area contributed by atoms with Gasteiger partial charge in [-0.3, -0.25) is 0 Å². The number of likely N-dealkylation sites (N-methyl/N-ethyl adjacent to an activating group) is 1. The molecule has 2 rings (SSSR count). The Morgan fingerprint density at radius 3 is 2.70 bits per heavy atom. The van der Waals surface area contributed by atoms with Crippen molar-refractivity contribution in [1.82, 2.24) is 5.32 Å². The first-order valence-corrected chi connectivity index (χ1v) is 9.67. The van der Waals surface area contributed by atoms with Gasteiger partial charge in [0.2, 0.25) is 0 Å². The van der Waals surface area contributed by atoms with Gasteiger partial charge in [0.25, 0.3) is 0 Å². The molecule has 20 heavy (non-hydrogen) atoms. The Balaban J connectivity index is 2.05. The lowest BCUT2D eigenvalue weighted by molar-refractivity contribution is 0.550. The summed E-state index contributed by atoms with van der Waals surface area (Å²) in [6.07, 6.45) is 0.867. The molecule has 0 spiro atoms. The molecule has 1 heterocycles. The second-order valence-electron chi connectivity index (χ2n) is 5.30. The van der Waals surface area contributed by atoms with Gasteiger partial charge in [0.15, 0.2) is 0 Å². The van der Waals surface area contributed by atoms with Gasteiger partial charge in [-0.1, -0.05) is 29.8 Å². The maximum atomic E-state index is 13.5. The Morgan fingerprint density at radius 2 is 2.10 bits per heavy atom. The predicted octanol–water partition coefficient (Wildman–Crippen LogP) is 4.34. The van der Waals surface area contributed by atoms with E-state index in [2.05, 4.69) is 58.6 Å². The van der Waals surface area contributed by atoms with Crippen LogP contribution in [0.5, 0.6) is 0 Å². The van der Waals surface area contributed by atoms with Crippen molar-refractivity contribution in [3.8, 4) is 0 Å². The number of nitrogens with one attached hydrogen (secondary N) is 1. The van der Waals surface area contributed by atoms with E-state index in [1.807, 2.05) is 13.1 Å². The zero-order valence-corrected chi connectivity index (χ0v) is 15.2. The van der Waals surface area contributed by atoms with Gasteiger partial charge in [-0.2, -0.15) is 23.5 Å². The van der Waals surface area contributed by atoms with Crippen LogP contribution in [0.15, 0.2) is 22.7 Å². The average Bonchev–Trinajstić information content (AvgIpc) is 2.38. The standard InChI is InChI=1S/C15H21BrFNS2/c1-9-10(2)20-15(8-19-9)14(18-3)6-11-4-12(16)7-13(17)5-11/h4-5,7,9-10,14-15,18H,6,8H2,1-3H3. The average molecular weight is 378 g/mol. The van der Waals surface area contributed by atoms with Crippen molar-refractivity contribution in [2.24, 2.45) is 0 Å². The molecule has 1 aromatic carbocycles. The van der Waals surface area contributed by atoms with Crippen molar-refractivity contribution in [3.63, 3.8) is 0 Å². The van der Waals surface area contributed by atoms with Gasteiger partial charge < -0.3 is 5.32 Å². The summed E-state index contributed by atoms with van der Waals surface area (Å²) >= 11 is 7.49. The van der Waals surface area contributed by atoms with Crippen LogP contribution in [0.25, 0.3) is 0 Å². The summed E-state index contributed by atoms with van der Waals surface area (Å²) in [5, 5.41) is 5.40. The van der Waals surface area contributed by atoms with Crippen LogP contribution < -0.4 is 5.32 Å². The molecule has 0 amide bonds. The van der Waals surface area contributed by atoms with Crippen LogP contribution in [0.3, 0.4) is 0 Å². The molecule has 1 saturated heterocycles. The van der Waals surface area contributed by atoms with E-state index in [-0.39, 0.29) is 5.82 Å². The second-order valence-corrected chi connectivity index (χ2v) is 9.24. The van der Waals surface area contributed by atoms with E-state index in [0.29, 0.717) is 16.5 Å². The van der Waals surface area contributed by atoms with E-state index < -0.39 is 0 Å². The third kappa shape index (κ3) is 4.39. The summed E-state index contributed by atoms with van der Waals surface area (Å²) in [6, 6.07) is 5.55. The van der Waals surface area contributed by atoms with E-state index in [1.165, 1.54) is 6.07 Å². The smallest absolute Gasteiger partial charge is 0.124 e. The largest absolute Gasteiger partial charge is 0.316 e. The molecule has 0 saturated carbocycles. The Kier molecular flexibility index (Phi) is 6.26. The molecule has 0 aliphatic carbocycles. The quantitative estimate of drug-likeness (QED) is 0.837. The molecule has 1 N–H and O–H groups in total. The van der Waals surface area contributed by atoms with Gasteiger partial charge in [-0.25, -0.2) is 4.39 Å². The fourth-order valence-electron chi connectivity index (χ4n) is 2.42. The van der Waals surface area contributed by atoms with E-state index in [1.54, 1.807) is 6.07 Å². The van der Waals surface area contributed by atoms with E-state index in [0.717, 1.165) is 27.5 Å². The van der Waals surface area contributed by atoms with E-state index in [4.69, 9.17) is 0 Å². The van der Waals surface area contributed by atoms with Crippen molar-refractivity contribution < 1.29 is 4.39 Å². The molecular weight excluding hydrogens is 357 g/mol. The molecule has 4 atom stereocenters. The van der Waals surface area contributed by atoms with Gasteiger partial charge in [-0.05, 0) is 37.2 Å².